The largest absolute Gasteiger partial charge is 0.508 e. The van der Waals surface area contributed by atoms with Crippen molar-refractivity contribution >= 4 is 29.6 Å². The highest BCUT2D eigenvalue weighted by Gasteiger charge is 2.38. The molecular weight excluding hydrogens is 534 g/mol. The van der Waals surface area contributed by atoms with E-state index in [0.717, 1.165) is 0 Å². The minimum Gasteiger partial charge on any atom is -0.508 e. The zero-order valence-corrected chi connectivity index (χ0v) is 25.5. The van der Waals surface area contributed by atoms with E-state index in [1.807, 2.05) is 67.4 Å². The predicted octanol–water partition coefficient (Wildman–Crippen LogP) is 7.08. The molecule has 1 atom stereocenters. The predicted molar refractivity (Wildman–Crippen MR) is 166 cm³/mol. The number of ether oxygens (including phenoxy) is 1. The Hall–Kier alpha value is -4.46. The van der Waals surface area contributed by atoms with Crippen molar-refractivity contribution in [3.05, 3.63) is 76.5 Å². The van der Waals surface area contributed by atoms with Gasteiger partial charge in [0.15, 0.2) is 5.43 Å². The van der Waals surface area contributed by atoms with Crippen molar-refractivity contribution in [2.45, 2.75) is 73.0 Å². The molecule has 0 spiro atoms. The van der Waals surface area contributed by atoms with E-state index in [1.54, 1.807) is 35.2 Å². The van der Waals surface area contributed by atoms with E-state index in [1.165, 1.54) is 18.2 Å². The molecule has 8 heteroatoms. The Morgan fingerprint density at radius 1 is 0.952 bits per heavy atom. The fourth-order valence-electron chi connectivity index (χ4n) is 4.82. The maximum atomic E-state index is 13.9. The van der Waals surface area contributed by atoms with Gasteiger partial charge in [0, 0.05) is 40.8 Å². The van der Waals surface area contributed by atoms with Crippen molar-refractivity contribution in [1.82, 2.24) is 4.90 Å². The number of aromatic hydroxyl groups is 1. The maximum Gasteiger partial charge on any atom is 0.329 e. The van der Waals surface area contributed by atoms with Gasteiger partial charge >= 0.3 is 5.97 Å². The molecule has 1 aliphatic carbocycles. The normalized spacial score (nSPS) is 14.1. The van der Waals surface area contributed by atoms with Crippen LogP contribution in [0, 0.1) is 0 Å². The molecule has 1 fully saturated rings. The van der Waals surface area contributed by atoms with Gasteiger partial charge in [0.25, 0.3) is 5.91 Å². The van der Waals surface area contributed by atoms with Gasteiger partial charge in [-0.25, -0.2) is 4.79 Å². The van der Waals surface area contributed by atoms with Gasteiger partial charge in [-0.3, -0.25) is 9.59 Å². The van der Waals surface area contributed by atoms with E-state index in [2.05, 4.69) is 0 Å². The monoisotopic (exact) mass is 575 g/mol. The number of hydrogen-bond donors (Lipinski definition) is 1. The SMILES string of the molecule is C=O.CC.CC.CC(C)(C)OC(=O)C1CCCN1C(=O)c1ccccc1-c1c2ccc(=O)cc-2oc2cc(O)ccc12. The number of nitrogens with zero attached hydrogens (tertiary/aromatic N) is 1. The molecule has 5 rings (SSSR count). The minimum atomic E-state index is -0.649. The number of fused-ring (bicyclic) bond motifs is 2. The molecule has 1 amide bonds. The minimum absolute atomic E-state index is 0.0245. The highest BCUT2D eigenvalue weighted by atomic mass is 16.6. The van der Waals surface area contributed by atoms with Crippen molar-refractivity contribution in [2.24, 2.45) is 0 Å². The van der Waals surface area contributed by atoms with Crippen molar-refractivity contribution < 1.29 is 28.6 Å². The highest BCUT2D eigenvalue weighted by molar-refractivity contribution is 6.09. The number of benzene rings is 3. The first kappa shape index (κ1) is 33.7. The zero-order valence-electron chi connectivity index (χ0n) is 25.5. The van der Waals surface area contributed by atoms with Crippen LogP contribution in [0.4, 0.5) is 0 Å². The number of hydrogen-bond acceptors (Lipinski definition) is 7. The third-order valence-electron chi connectivity index (χ3n) is 6.30. The second-order valence-electron chi connectivity index (χ2n) is 10.1. The Labute approximate surface area is 247 Å². The summed E-state index contributed by atoms with van der Waals surface area (Å²) in [5.41, 5.74) is 1.98. The molecule has 2 aromatic carbocycles. The van der Waals surface area contributed by atoms with E-state index in [9.17, 15) is 19.5 Å². The number of carbonyl (C=O) groups is 3. The van der Waals surface area contributed by atoms with Crippen molar-refractivity contribution in [3.8, 4) is 28.2 Å². The van der Waals surface area contributed by atoms with Gasteiger partial charge in [-0.05, 0) is 69.5 Å². The molecule has 8 nitrogen and oxygen atoms in total. The molecule has 224 valence electrons. The molecule has 1 saturated heterocycles. The number of likely N-dealkylation sites (tertiary alicyclic amines) is 1. The third kappa shape index (κ3) is 7.43. The van der Waals surface area contributed by atoms with Crippen LogP contribution in [0.1, 0.15) is 71.7 Å². The Morgan fingerprint density at radius 3 is 2.29 bits per heavy atom. The van der Waals surface area contributed by atoms with Crippen LogP contribution in [-0.4, -0.2) is 46.9 Å². The first-order valence-corrected chi connectivity index (χ1v) is 14.2. The van der Waals surface area contributed by atoms with Gasteiger partial charge in [-0.1, -0.05) is 45.9 Å². The summed E-state index contributed by atoms with van der Waals surface area (Å²) in [4.78, 5) is 48.5. The number of phenols is 1. The molecular formula is C34H41NO7. The van der Waals surface area contributed by atoms with Crippen LogP contribution in [0.3, 0.4) is 0 Å². The fourth-order valence-corrected chi connectivity index (χ4v) is 4.82. The summed E-state index contributed by atoms with van der Waals surface area (Å²) in [6.07, 6.45) is 1.25. The Bertz CT molecular complexity index is 1530. The molecule has 0 radical (unpaired) electrons. The number of rotatable bonds is 3. The molecule has 2 aliphatic heterocycles. The number of phenolic OH excluding ortho intramolecular Hbond substituents is 1. The van der Waals surface area contributed by atoms with E-state index < -0.39 is 17.6 Å². The maximum absolute atomic E-state index is 13.9. The number of carbonyl (C=O) groups excluding carboxylic acids is 3. The summed E-state index contributed by atoms with van der Waals surface area (Å²) < 4.78 is 11.5. The second kappa shape index (κ2) is 15.0. The smallest absolute Gasteiger partial charge is 0.329 e. The van der Waals surface area contributed by atoms with E-state index in [0.29, 0.717) is 58.4 Å². The standard InChI is InChI=1S/C29H27NO6.2C2H6.CH2O/c1-29(2,3)36-28(34)23-9-6-14-30(23)27(33)20-8-5-4-7-19(20)26-21-12-10-17(31)15-24(21)35-25-16-18(32)11-13-22(25)26;3*1-2/h4-5,7-8,10-13,15-16,23,31H,6,9,14H2,1-3H3;2*1-2H3;1H2. The van der Waals surface area contributed by atoms with E-state index >= 15 is 0 Å². The van der Waals surface area contributed by atoms with Crippen LogP contribution in [0.25, 0.3) is 33.4 Å². The van der Waals surface area contributed by atoms with E-state index in [-0.39, 0.29) is 17.1 Å². The van der Waals surface area contributed by atoms with Gasteiger partial charge in [0.2, 0.25) is 0 Å². The topological polar surface area (TPSA) is 114 Å². The molecule has 2 aromatic rings. The number of amides is 1. The summed E-state index contributed by atoms with van der Waals surface area (Å²) in [6, 6.07) is 15.9. The van der Waals surface area contributed by atoms with Crippen LogP contribution in [0.15, 0.2) is 69.9 Å². The van der Waals surface area contributed by atoms with Crippen LogP contribution < -0.4 is 5.43 Å². The summed E-state index contributed by atoms with van der Waals surface area (Å²) in [7, 11) is 0. The van der Waals surface area contributed by atoms with Crippen LogP contribution in [0.2, 0.25) is 0 Å². The zero-order chi connectivity index (χ0) is 31.6. The summed E-state index contributed by atoms with van der Waals surface area (Å²) in [6.45, 7) is 15.9. The Balaban J connectivity index is 0.000000966. The van der Waals surface area contributed by atoms with Gasteiger partial charge in [0.05, 0.1) is 0 Å². The van der Waals surface area contributed by atoms with Gasteiger partial charge in [-0.2, -0.15) is 0 Å². The molecule has 1 N–H and O–H groups in total. The molecule has 0 aromatic heterocycles. The first-order valence-electron chi connectivity index (χ1n) is 14.2. The summed E-state index contributed by atoms with van der Waals surface area (Å²) in [5, 5.41) is 10.7. The molecule has 0 bridgehead atoms. The van der Waals surface area contributed by atoms with Crippen molar-refractivity contribution in [2.75, 3.05) is 6.54 Å². The first-order chi connectivity index (χ1) is 20.1. The van der Waals surface area contributed by atoms with Gasteiger partial charge in [-0.15, -0.1) is 0 Å². The Morgan fingerprint density at radius 2 is 1.62 bits per heavy atom. The van der Waals surface area contributed by atoms with Crippen molar-refractivity contribution in [3.63, 3.8) is 0 Å². The lowest BCUT2D eigenvalue weighted by atomic mass is 9.90. The quantitative estimate of drug-likeness (QED) is 0.205. The molecule has 2 heterocycles. The molecule has 42 heavy (non-hydrogen) atoms. The van der Waals surface area contributed by atoms with Crippen LogP contribution >= 0.6 is 0 Å². The summed E-state index contributed by atoms with van der Waals surface area (Å²) in [5.74, 6) is -0.291. The Kier molecular flexibility index (Phi) is 12.0. The average Bonchev–Trinajstić information content (AvgIpc) is 3.48. The van der Waals surface area contributed by atoms with Crippen LogP contribution in [0.5, 0.6) is 5.75 Å². The van der Waals surface area contributed by atoms with Gasteiger partial charge in [0.1, 0.15) is 35.5 Å². The fraction of sp³-hybridized carbons (Fsp3) is 0.353. The average molecular weight is 576 g/mol. The second-order valence-corrected chi connectivity index (χ2v) is 10.1. The lowest BCUT2D eigenvalue weighted by Crippen LogP contribution is -2.43. The highest BCUT2D eigenvalue weighted by Crippen LogP contribution is 2.42. The van der Waals surface area contributed by atoms with Crippen molar-refractivity contribution in [1.29, 1.82) is 0 Å². The van der Waals surface area contributed by atoms with Crippen LogP contribution in [-0.2, 0) is 14.3 Å². The summed E-state index contributed by atoms with van der Waals surface area (Å²) >= 11 is 0. The third-order valence-corrected chi connectivity index (χ3v) is 6.30. The lowest BCUT2D eigenvalue weighted by Gasteiger charge is -2.28. The molecule has 3 aliphatic rings. The van der Waals surface area contributed by atoms with E-state index in [4.69, 9.17) is 13.9 Å². The molecule has 0 saturated carbocycles. The van der Waals surface area contributed by atoms with Gasteiger partial charge < -0.3 is 24.0 Å². The lowest BCUT2D eigenvalue weighted by molar-refractivity contribution is -0.159. The number of esters is 1. The molecule has 1 unspecified atom stereocenters.